The van der Waals surface area contributed by atoms with Gasteiger partial charge in [-0.2, -0.15) is 28.7 Å². The Bertz CT molecular complexity index is 527. The Hall–Kier alpha value is -2.23. The molecule has 0 fully saturated rings. The van der Waals surface area contributed by atoms with E-state index in [0.29, 0.717) is 0 Å². The minimum Gasteiger partial charge on any atom is -0.256 e. The predicted molar refractivity (Wildman–Crippen MR) is 50.5 cm³/mol. The molecule has 7 heteroatoms. The van der Waals surface area contributed by atoms with Crippen molar-refractivity contribution in [2.45, 2.75) is 11.7 Å². The Morgan fingerprint density at radius 1 is 1.35 bits per heavy atom. The quantitative estimate of drug-likeness (QED) is 0.755. The van der Waals surface area contributed by atoms with Crippen molar-refractivity contribution in [3.8, 4) is 6.07 Å². The lowest BCUT2D eigenvalue weighted by atomic mass is 9.94. The summed E-state index contributed by atoms with van der Waals surface area (Å²) in [6, 6.07) is 3.72. The Morgan fingerprint density at radius 3 is 2.65 bits per heavy atom. The topological polar surface area (TPSA) is 61.4 Å². The van der Waals surface area contributed by atoms with Gasteiger partial charge < -0.3 is 0 Å². The van der Waals surface area contributed by atoms with Crippen molar-refractivity contribution < 1.29 is 13.2 Å². The van der Waals surface area contributed by atoms with E-state index in [2.05, 4.69) is 15.2 Å². The van der Waals surface area contributed by atoms with Crippen molar-refractivity contribution in [1.82, 2.24) is 4.98 Å². The maximum absolute atomic E-state index is 12.8. The molecule has 17 heavy (non-hydrogen) atoms. The standard InChI is InChI=1S/C10H5F3N4/c11-10(12,13)7-2-1-4-15-8(7)9(6-14)3-5-16-17-9/h1-5H. The Balaban J connectivity index is 2.65. The van der Waals surface area contributed by atoms with E-state index in [1.165, 1.54) is 18.5 Å². The van der Waals surface area contributed by atoms with Crippen LogP contribution in [-0.4, -0.2) is 4.98 Å². The van der Waals surface area contributed by atoms with Crippen molar-refractivity contribution in [3.63, 3.8) is 0 Å². The van der Waals surface area contributed by atoms with Gasteiger partial charge in [0.05, 0.1) is 5.56 Å². The molecule has 1 aromatic heterocycles. The number of nitriles is 1. The molecule has 86 valence electrons. The van der Waals surface area contributed by atoms with E-state index >= 15 is 0 Å². The molecule has 2 rings (SSSR count). The zero-order valence-corrected chi connectivity index (χ0v) is 8.31. The van der Waals surface area contributed by atoms with E-state index in [9.17, 15) is 13.2 Å². The van der Waals surface area contributed by atoms with Crippen LogP contribution in [0.1, 0.15) is 11.3 Å². The average Bonchev–Trinajstić information content (AvgIpc) is 2.78. The maximum atomic E-state index is 12.8. The molecular weight excluding hydrogens is 233 g/mol. The molecule has 1 aromatic rings. The highest BCUT2D eigenvalue weighted by Crippen LogP contribution is 2.39. The summed E-state index contributed by atoms with van der Waals surface area (Å²) >= 11 is 0. The van der Waals surface area contributed by atoms with Crippen LogP contribution in [0.3, 0.4) is 0 Å². The van der Waals surface area contributed by atoms with E-state index in [1.807, 2.05) is 0 Å². The van der Waals surface area contributed by atoms with Gasteiger partial charge >= 0.3 is 6.18 Å². The minimum absolute atomic E-state index is 0.451. The van der Waals surface area contributed by atoms with Crippen LogP contribution in [0.25, 0.3) is 0 Å². The Kier molecular flexibility index (Phi) is 2.42. The monoisotopic (exact) mass is 238 g/mol. The Labute approximate surface area is 94.1 Å². The first-order chi connectivity index (χ1) is 7.99. The molecule has 0 saturated heterocycles. The van der Waals surface area contributed by atoms with E-state index < -0.39 is 23.0 Å². The number of pyridine rings is 1. The van der Waals surface area contributed by atoms with Crippen LogP contribution < -0.4 is 0 Å². The first kappa shape index (κ1) is 11.3. The van der Waals surface area contributed by atoms with Crippen molar-refractivity contribution in [2.75, 3.05) is 0 Å². The fraction of sp³-hybridized carbons (Fsp3) is 0.200. The molecular formula is C10H5F3N4. The summed E-state index contributed by atoms with van der Waals surface area (Å²) in [6.45, 7) is 0. The predicted octanol–water partition coefficient (Wildman–Crippen LogP) is 2.80. The maximum Gasteiger partial charge on any atom is 0.418 e. The smallest absolute Gasteiger partial charge is 0.256 e. The molecule has 1 aliphatic heterocycles. The fourth-order valence-electron chi connectivity index (χ4n) is 1.48. The summed E-state index contributed by atoms with van der Waals surface area (Å²) in [6.07, 6.45) is -1.03. The van der Waals surface area contributed by atoms with Gasteiger partial charge in [0, 0.05) is 12.4 Å². The van der Waals surface area contributed by atoms with Crippen LogP contribution in [0.2, 0.25) is 0 Å². The normalized spacial score (nSPS) is 22.7. The molecule has 1 aliphatic rings. The molecule has 1 unspecified atom stereocenters. The number of hydrogen-bond acceptors (Lipinski definition) is 4. The highest BCUT2D eigenvalue weighted by Gasteiger charge is 2.43. The summed E-state index contributed by atoms with van der Waals surface area (Å²) in [7, 11) is 0. The summed E-state index contributed by atoms with van der Waals surface area (Å²) in [5.74, 6) is 0. The summed E-state index contributed by atoms with van der Waals surface area (Å²) in [5.41, 5.74) is -3.20. The Morgan fingerprint density at radius 2 is 2.12 bits per heavy atom. The number of halogens is 3. The summed E-state index contributed by atoms with van der Waals surface area (Å²) in [5, 5.41) is 15.9. The van der Waals surface area contributed by atoms with Crippen LogP contribution in [0.4, 0.5) is 13.2 Å². The molecule has 0 aliphatic carbocycles. The second-order valence-corrected chi connectivity index (χ2v) is 3.31. The van der Waals surface area contributed by atoms with Crippen molar-refractivity contribution in [2.24, 2.45) is 10.2 Å². The fourth-order valence-corrected chi connectivity index (χ4v) is 1.48. The highest BCUT2D eigenvalue weighted by molar-refractivity contribution is 5.40. The first-order valence-electron chi connectivity index (χ1n) is 4.53. The second kappa shape index (κ2) is 3.66. The van der Waals surface area contributed by atoms with Gasteiger partial charge in [-0.05, 0) is 18.2 Å². The molecule has 0 bridgehead atoms. The zero-order chi connectivity index (χ0) is 12.5. The second-order valence-electron chi connectivity index (χ2n) is 3.31. The average molecular weight is 238 g/mol. The molecule has 0 N–H and O–H groups in total. The summed E-state index contributed by atoms with van der Waals surface area (Å²) < 4.78 is 38.3. The summed E-state index contributed by atoms with van der Waals surface area (Å²) in [4.78, 5) is 3.62. The third-order valence-electron chi connectivity index (χ3n) is 2.24. The minimum atomic E-state index is -4.58. The van der Waals surface area contributed by atoms with Gasteiger partial charge in [-0.15, -0.1) is 0 Å². The van der Waals surface area contributed by atoms with Crippen LogP contribution in [0.5, 0.6) is 0 Å². The van der Waals surface area contributed by atoms with Gasteiger partial charge in [0.25, 0.3) is 0 Å². The SMILES string of the molecule is N#CC1(c2ncccc2C(F)(F)F)C=CN=N1. The van der Waals surface area contributed by atoms with E-state index in [-0.39, 0.29) is 0 Å². The number of nitrogens with zero attached hydrogens (tertiary/aromatic N) is 4. The lowest BCUT2D eigenvalue weighted by molar-refractivity contribution is -0.138. The third kappa shape index (κ3) is 1.78. The largest absolute Gasteiger partial charge is 0.418 e. The van der Waals surface area contributed by atoms with Gasteiger partial charge in [0.1, 0.15) is 11.8 Å². The van der Waals surface area contributed by atoms with Crippen LogP contribution in [-0.2, 0) is 11.7 Å². The van der Waals surface area contributed by atoms with Crippen LogP contribution in [0, 0.1) is 11.3 Å². The van der Waals surface area contributed by atoms with Crippen molar-refractivity contribution in [3.05, 3.63) is 41.9 Å². The molecule has 2 heterocycles. The molecule has 0 spiro atoms. The van der Waals surface area contributed by atoms with Gasteiger partial charge in [-0.1, -0.05) is 0 Å². The van der Waals surface area contributed by atoms with Gasteiger partial charge in [-0.3, -0.25) is 4.98 Å². The van der Waals surface area contributed by atoms with E-state index in [0.717, 1.165) is 12.1 Å². The van der Waals surface area contributed by atoms with Gasteiger partial charge in [-0.25, -0.2) is 0 Å². The van der Waals surface area contributed by atoms with E-state index in [4.69, 9.17) is 5.26 Å². The number of aromatic nitrogens is 1. The zero-order valence-electron chi connectivity index (χ0n) is 8.31. The molecule has 0 aromatic carbocycles. The van der Waals surface area contributed by atoms with Gasteiger partial charge in [0.15, 0.2) is 0 Å². The highest BCUT2D eigenvalue weighted by atomic mass is 19.4. The number of azo groups is 1. The van der Waals surface area contributed by atoms with E-state index in [1.54, 1.807) is 6.07 Å². The van der Waals surface area contributed by atoms with Gasteiger partial charge in [0.2, 0.25) is 5.54 Å². The number of alkyl halides is 3. The lowest BCUT2D eigenvalue weighted by Crippen LogP contribution is -2.23. The van der Waals surface area contributed by atoms with Crippen LogP contribution in [0.15, 0.2) is 40.8 Å². The van der Waals surface area contributed by atoms with Crippen molar-refractivity contribution in [1.29, 1.82) is 5.26 Å². The molecule has 0 radical (unpaired) electrons. The molecule has 0 saturated carbocycles. The number of rotatable bonds is 1. The van der Waals surface area contributed by atoms with Crippen LogP contribution >= 0.6 is 0 Å². The molecule has 1 atom stereocenters. The lowest BCUT2D eigenvalue weighted by Gasteiger charge is -2.18. The molecule has 0 amide bonds. The third-order valence-corrected chi connectivity index (χ3v) is 2.24. The number of hydrogen-bond donors (Lipinski definition) is 0. The first-order valence-corrected chi connectivity index (χ1v) is 4.53. The molecule has 4 nitrogen and oxygen atoms in total. The van der Waals surface area contributed by atoms with Crippen molar-refractivity contribution >= 4 is 0 Å².